The lowest BCUT2D eigenvalue weighted by atomic mass is 10.2. The summed E-state index contributed by atoms with van der Waals surface area (Å²) in [5, 5.41) is 0.246. The number of aromatic nitrogens is 1. The van der Waals surface area contributed by atoms with Crippen LogP contribution in [0.25, 0.3) is 0 Å². The molecular formula is C11H10BrF3INO3. The second kappa shape index (κ2) is 7.43. The summed E-state index contributed by atoms with van der Waals surface area (Å²) in [4.78, 5) is 15.5. The molecule has 1 rings (SSSR count). The summed E-state index contributed by atoms with van der Waals surface area (Å²) in [6, 6.07) is 1.10. The zero-order valence-electron chi connectivity index (χ0n) is 10.3. The van der Waals surface area contributed by atoms with Gasteiger partial charge in [0.1, 0.15) is 5.75 Å². The van der Waals surface area contributed by atoms with Gasteiger partial charge in [-0.15, -0.1) is 13.2 Å². The zero-order chi connectivity index (χ0) is 15.3. The molecule has 4 nitrogen and oxygen atoms in total. The van der Waals surface area contributed by atoms with Crippen LogP contribution < -0.4 is 4.74 Å². The molecule has 0 fully saturated rings. The van der Waals surface area contributed by atoms with Crippen LogP contribution in [0.1, 0.15) is 18.3 Å². The first kappa shape index (κ1) is 17.5. The predicted octanol–water partition coefficient (Wildman–Crippen LogP) is 3.59. The number of halogens is 5. The molecule has 20 heavy (non-hydrogen) atoms. The third-order valence-corrected chi connectivity index (χ3v) is 3.71. The number of ether oxygens (including phenoxy) is 2. The number of pyridine rings is 1. The van der Waals surface area contributed by atoms with Gasteiger partial charge in [-0.05, 0) is 29.5 Å². The van der Waals surface area contributed by atoms with Crippen molar-refractivity contribution in [3.8, 4) is 5.75 Å². The fraction of sp³-hybridized carbons (Fsp3) is 0.455. The fourth-order valence-electron chi connectivity index (χ4n) is 1.35. The van der Waals surface area contributed by atoms with Gasteiger partial charge in [-0.1, -0.05) is 15.9 Å². The van der Waals surface area contributed by atoms with Crippen molar-refractivity contribution >= 4 is 44.5 Å². The number of hydrogen-bond donors (Lipinski definition) is 0. The molecule has 0 bridgehead atoms. The molecule has 0 saturated heterocycles. The van der Waals surface area contributed by atoms with Gasteiger partial charge < -0.3 is 9.47 Å². The molecule has 0 atom stereocenters. The minimum absolute atomic E-state index is 0.164. The first-order chi connectivity index (χ1) is 9.26. The first-order valence-corrected chi connectivity index (χ1v) is 7.62. The highest BCUT2D eigenvalue weighted by Crippen LogP contribution is 2.31. The van der Waals surface area contributed by atoms with E-state index >= 15 is 0 Å². The van der Waals surface area contributed by atoms with Crippen LogP contribution >= 0.6 is 38.5 Å². The van der Waals surface area contributed by atoms with Gasteiger partial charge in [0.15, 0.2) is 0 Å². The number of carbonyl (C=O) groups excluding carboxylic acids is 1. The van der Waals surface area contributed by atoms with E-state index < -0.39 is 12.3 Å². The third-order valence-electron chi connectivity index (χ3n) is 2.03. The van der Waals surface area contributed by atoms with Crippen molar-refractivity contribution in [3.63, 3.8) is 0 Å². The summed E-state index contributed by atoms with van der Waals surface area (Å²) in [7, 11) is 0. The molecular weight excluding hydrogens is 458 g/mol. The molecule has 1 aromatic heterocycles. The number of carbonyl (C=O) groups is 1. The molecule has 1 heterocycles. The maximum absolute atomic E-state index is 12.3. The smallest absolute Gasteiger partial charge is 0.466 e. The van der Waals surface area contributed by atoms with Crippen LogP contribution in [0.3, 0.4) is 0 Å². The van der Waals surface area contributed by atoms with E-state index in [1.165, 1.54) is 0 Å². The minimum Gasteiger partial charge on any atom is -0.466 e. The number of alkyl halides is 4. The maximum atomic E-state index is 12.3. The molecule has 0 amide bonds. The van der Waals surface area contributed by atoms with E-state index in [9.17, 15) is 18.0 Å². The van der Waals surface area contributed by atoms with Crippen molar-refractivity contribution in [2.24, 2.45) is 0 Å². The average molecular weight is 468 g/mol. The van der Waals surface area contributed by atoms with Gasteiger partial charge in [0.05, 0.1) is 28.0 Å². The van der Waals surface area contributed by atoms with Gasteiger partial charge in [-0.25, -0.2) is 0 Å². The van der Waals surface area contributed by atoms with E-state index in [0.29, 0.717) is 5.69 Å². The van der Waals surface area contributed by atoms with Crippen LogP contribution in [-0.4, -0.2) is 23.9 Å². The predicted molar refractivity (Wildman–Crippen MR) is 76.6 cm³/mol. The Morgan fingerprint density at radius 2 is 2.15 bits per heavy atom. The largest absolute Gasteiger partial charge is 0.573 e. The Morgan fingerprint density at radius 1 is 1.50 bits per heavy atom. The molecule has 0 aliphatic heterocycles. The number of nitrogens with zero attached hydrogens (tertiary/aromatic N) is 1. The molecule has 0 aliphatic rings. The van der Waals surface area contributed by atoms with Gasteiger partial charge in [-0.2, -0.15) is 0 Å². The fourth-order valence-corrected chi connectivity index (χ4v) is 2.86. The first-order valence-electron chi connectivity index (χ1n) is 5.42. The molecule has 9 heteroatoms. The minimum atomic E-state index is -4.80. The maximum Gasteiger partial charge on any atom is 0.573 e. The van der Waals surface area contributed by atoms with Crippen molar-refractivity contribution in [3.05, 3.63) is 21.0 Å². The molecule has 0 radical (unpaired) electrons. The lowest BCUT2D eigenvalue weighted by Gasteiger charge is -2.13. The molecule has 1 aromatic rings. The van der Waals surface area contributed by atoms with E-state index in [4.69, 9.17) is 4.74 Å². The van der Waals surface area contributed by atoms with E-state index in [1.807, 2.05) is 0 Å². The normalized spacial score (nSPS) is 11.3. The van der Waals surface area contributed by atoms with Gasteiger partial charge in [0.2, 0.25) is 0 Å². The van der Waals surface area contributed by atoms with Crippen molar-refractivity contribution in [1.29, 1.82) is 0 Å². The van der Waals surface area contributed by atoms with Crippen LogP contribution in [0.2, 0.25) is 0 Å². The van der Waals surface area contributed by atoms with Crippen LogP contribution in [0.5, 0.6) is 5.75 Å². The molecule has 0 aliphatic carbocycles. The summed E-state index contributed by atoms with van der Waals surface area (Å²) in [6.45, 7) is 1.84. The van der Waals surface area contributed by atoms with Crippen LogP contribution in [0.4, 0.5) is 13.2 Å². The summed E-state index contributed by atoms with van der Waals surface area (Å²) >= 11 is 4.85. The number of hydrogen-bond acceptors (Lipinski definition) is 4. The number of rotatable bonds is 5. The Kier molecular flexibility index (Phi) is 6.49. The van der Waals surface area contributed by atoms with Crippen molar-refractivity contribution in [2.45, 2.75) is 25.0 Å². The summed E-state index contributed by atoms with van der Waals surface area (Å²) in [6.07, 6.45) is -5.01. The highest BCUT2D eigenvalue weighted by atomic mass is 127. The van der Waals surface area contributed by atoms with E-state index in [2.05, 4.69) is 25.7 Å². The van der Waals surface area contributed by atoms with Gasteiger partial charge in [-0.3, -0.25) is 9.78 Å². The van der Waals surface area contributed by atoms with Crippen LogP contribution in [-0.2, 0) is 21.3 Å². The summed E-state index contributed by atoms with van der Waals surface area (Å²) in [5.74, 6) is -0.929. The number of esters is 1. The standard InChI is InChI=1S/C11H10BrF3INO3/c1-2-19-9(18)4-6-3-8(20-11(13,14)15)10(16)7(5-12)17-6/h3H,2,4-5H2,1H3. The summed E-state index contributed by atoms with van der Waals surface area (Å²) in [5.41, 5.74) is 0.532. The monoisotopic (exact) mass is 467 g/mol. The SMILES string of the molecule is CCOC(=O)Cc1cc(OC(F)(F)F)c(I)c(CBr)n1. The third kappa shape index (κ3) is 5.43. The highest BCUT2D eigenvalue weighted by molar-refractivity contribution is 14.1. The zero-order valence-corrected chi connectivity index (χ0v) is 14.0. The van der Waals surface area contributed by atoms with E-state index in [-0.39, 0.29) is 33.4 Å². The van der Waals surface area contributed by atoms with Gasteiger partial charge in [0, 0.05) is 11.4 Å². The van der Waals surface area contributed by atoms with Gasteiger partial charge >= 0.3 is 12.3 Å². The Balaban J connectivity index is 3.08. The Hall–Kier alpha value is -0.580. The van der Waals surface area contributed by atoms with Crippen molar-refractivity contribution in [1.82, 2.24) is 4.98 Å². The molecule has 0 aromatic carbocycles. The molecule has 0 saturated carbocycles. The Morgan fingerprint density at radius 3 is 2.65 bits per heavy atom. The Labute approximate surface area is 135 Å². The highest BCUT2D eigenvalue weighted by Gasteiger charge is 2.32. The van der Waals surface area contributed by atoms with E-state index in [0.717, 1.165) is 6.07 Å². The van der Waals surface area contributed by atoms with Crippen LogP contribution in [0.15, 0.2) is 6.07 Å². The molecule has 0 N–H and O–H groups in total. The Bertz CT molecular complexity index is 497. The second-order valence-corrected chi connectivity index (χ2v) is 5.18. The summed E-state index contributed by atoms with van der Waals surface area (Å²) < 4.78 is 45.9. The second-order valence-electron chi connectivity index (χ2n) is 3.54. The van der Waals surface area contributed by atoms with Crippen LogP contribution in [0, 0.1) is 3.57 Å². The average Bonchev–Trinajstić information content (AvgIpc) is 2.31. The topological polar surface area (TPSA) is 48.4 Å². The van der Waals surface area contributed by atoms with Gasteiger partial charge in [0.25, 0.3) is 0 Å². The molecule has 0 spiro atoms. The lowest BCUT2D eigenvalue weighted by Crippen LogP contribution is -2.19. The van der Waals surface area contributed by atoms with Crippen molar-refractivity contribution in [2.75, 3.05) is 6.61 Å². The van der Waals surface area contributed by atoms with E-state index in [1.54, 1.807) is 29.5 Å². The molecule has 112 valence electrons. The van der Waals surface area contributed by atoms with Crippen molar-refractivity contribution < 1.29 is 27.4 Å². The molecule has 0 unspecified atom stereocenters. The quantitative estimate of drug-likeness (QED) is 0.377. The lowest BCUT2D eigenvalue weighted by molar-refractivity contribution is -0.275.